The number of urea groups is 1. The lowest BCUT2D eigenvalue weighted by Gasteiger charge is -2.14. The third-order valence-corrected chi connectivity index (χ3v) is 4.06. The Balaban J connectivity index is 1.75. The molecule has 0 bridgehead atoms. The number of amides is 2. The standard InChI is InChI=1S/C20H18F3N5O/c1-2-4-12-7-8-15(10-16(12)20(21,22)23)27-19(29)26-14-6-3-5-13(9-14)17-11-25-18(24)28-17/h2-3,5-11H,1,4H2,(H3,24,25,28)(H2,26,27,29). The molecule has 6 nitrogen and oxygen atoms in total. The molecular formula is C20H18F3N5O. The van der Waals surface area contributed by atoms with Gasteiger partial charge in [0.05, 0.1) is 17.5 Å². The first-order valence-electron chi connectivity index (χ1n) is 8.56. The summed E-state index contributed by atoms with van der Waals surface area (Å²) in [5.74, 6) is 0.261. The van der Waals surface area contributed by atoms with Crippen LogP contribution in [-0.2, 0) is 12.6 Å². The molecule has 0 saturated carbocycles. The maximum atomic E-state index is 13.3. The average Bonchev–Trinajstić information content (AvgIpc) is 3.09. The minimum Gasteiger partial charge on any atom is -0.369 e. The number of H-pyrrole nitrogens is 1. The Morgan fingerprint density at radius 3 is 2.52 bits per heavy atom. The Morgan fingerprint density at radius 1 is 1.17 bits per heavy atom. The Bertz CT molecular complexity index is 1040. The summed E-state index contributed by atoms with van der Waals surface area (Å²) in [6, 6.07) is 9.81. The number of hydrogen-bond acceptors (Lipinski definition) is 3. The number of carbonyl (C=O) groups excluding carboxylic acids is 1. The second kappa shape index (κ2) is 8.09. The van der Waals surface area contributed by atoms with E-state index in [2.05, 4.69) is 27.2 Å². The quantitative estimate of drug-likeness (QED) is 0.451. The topological polar surface area (TPSA) is 95.8 Å². The fourth-order valence-electron chi connectivity index (χ4n) is 2.79. The van der Waals surface area contributed by atoms with Gasteiger partial charge in [0.15, 0.2) is 5.95 Å². The van der Waals surface area contributed by atoms with Gasteiger partial charge in [-0.1, -0.05) is 24.3 Å². The normalized spacial score (nSPS) is 11.1. The Morgan fingerprint density at radius 2 is 1.90 bits per heavy atom. The van der Waals surface area contributed by atoms with Crippen LogP contribution in [0.25, 0.3) is 11.3 Å². The predicted octanol–water partition coefficient (Wildman–Crippen LogP) is 5.05. The van der Waals surface area contributed by atoms with E-state index >= 15 is 0 Å². The summed E-state index contributed by atoms with van der Waals surface area (Å²) in [5, 5.41) is 5.01. The lowest BCUT2D eigenvalue weighted by Crippen LogP contribution is -2.20. The van der Waals surface area contributed by atoms with Crippen molar-refractivity contribution in [2.75, 3.05) is 16.4 Å². The molecule has 0 radical (unpaired) electrons. The number of rotatable bonds is 5. The number of aromatic amines is 1. The second-order valence-corrected chi connectivity index (χ2v) is 6.20. The van der Waals surface area contributed by atoms with E-state index in [4.69, 9.17) is 5.73 Å². The number of hydrogen-bond donors (Lipinski definition) is 4. The highest BCUT2D eigenvalue weighted by Crippen LogP contribution is 2.34. The number of alkyl halides is 3. The molecule has 2 aromatic carbocycles. The van der Waals surface area contributed by atoms with E-state index < -0.39 is 17.8 Å². The van der Waals surface area contributed by atoms with Crippen LogP contribution >= 0.6 is 0 Å². The molecule has 29 heavy (non-hydrogen) atoms. The molecule has 0 aliphatic rings. The molecule has 0 aliphatic heterocycles. The van der Waals surface area contributed by atoms with E-state index in [1.165, 1.54) is 18.2 Å². The molecule has 3 rings (SSSR count). The largest absolute Gasteiger partial charge is 0.416 e. The van der Waals surface area contributed by atoms with Gasteiger partial charge in [0, 0.05) is 16.9 Å². The van der Waals surface area contributed by atoms with E-state index in [9.17, 15) is 18.0 Å². The van der Waals surface area contributed by atoms with Crippen molar-refractivity contribution in [3.63, 3.8) is 0 Å². The van der Waals surface area contributed by atoms with E-state index in [1.807, 2.05) is 0 Å². The molecule has 3 aromatic rings. The fourth-order valence-corrected chi connectivity index (χ4v) is 2.79. The van der Waals surface area contributed by atoms with Crippen LogP contribution in [0.4, 0.5) is 35.3 Å². The van der Waals surface area contributed by atoms with Crippen LogP contribution in [0.2, 0.25) is 0 Å². The third kappa shape index (κ3) is 4.95. The van der Waals surface area contributed by atoms with Crippen LogP contribution in [0.1, 0.15) is 11.1 Å². The Kier molecular flexibility index (Phi) is 5.58. The fraction of sp³-hybridized carbons (Fsp3) is 0.100. The molecule has 0 saturated heterocycles. The molecule has 0 spiro atoms. The zero-order valence-electron chi connectivity index (χ0n) is 15.2. The van der Waals surface area contributed by atoms with Crippen molar-refractivity contribution in [1.29, 1.82) is 0 Å². The monoisotopic (exact) mass is 401 g/mol. The zero-order valence-corrected chi connectivity index (χ0v) is 15.2. The number of nitrogens with zero attached hydrogens (tertiary/aromatic N) is 1. The van der Waals surface area contributed by atoms with Gasteiger partial charge in [-0.25, -0.2) is 9.78 Å². The van der Waals surface area contributed by atoms with E-state index in [-0.39, 0.29) is 23.6 Å². The summed E-state index contributed by atoms with van der Waals surface area (Å²) in [4.78, 5) is 19.0. The smallest absolute Gasteiger partial charge is 0.369 e. The minimum absolute atomic E-state index is 0.0279. The minimum atomic E-state index is -4.53. The van der Waals surface area contributed by atoms with E-state index in [1.54, 1.807) is 30.5 Å². The Labute approximate surface area is 164 Å². The number of nitrogens with one attached hydrogen (secondary N) is 3. The van der Waals surface area contributed by atoms with Gasteiger partial charge in [-0.15, -0.1) is 6.58 Å². The summed E-state index contributed by atoms with van der Waals surface area (Å²) in [5.41, 5.74) is 6.72. The van der Waals surface area contributed by atoms with E-state index in [0.717, 1.165) is 11.6 Å². The average molecular weight is 401 g/mol. The van der Waals surface area contributed by atoms with Crippen molar-refractivity contribution in [2.45, 2.75) is 12.6 Å². The summed E-state index contributed by atoms with van der Waals surface area (Å²) in [6.07, 6.45) is -1.51. The SMILES string of the molecule is C=CCc1ccc(NC(=O)Nc2cccc(-c3cnc(N)[nH]3)c2)cc1C(F)(F)F. The maximum Gasteiger partial charge on any atom is 0.416 e. The predicted molar refractivity (Wildman–Crippen MR) is 106 cm³/mol. The number of aromatic nitrogens is 2. The highest BCUT2D eigenvalue weighted by atomic mass is 19.4. The van der Waals surface area contributed by atoms with Crippen molar-refractivity contribution in [2.24, 2.45) is 0 Å². The van der Waals surface area contributed by atoms with Crippen LogP contribution in [0.15, 0.2) is 61.3 Å². The maximum absolute atomic E-state index is 13.3. The second-order valence-electron chi connectivity index (χ2n) is 6.20. The van der Waals surface area contributed by atoms with Crippen molar-refractivity contribution in [3.8, 4) is 11.3 Å². The van der Waals surface area contributed by atoms with Crippen LogP contribution in [0.3, 0.4) is 0 Å². The summed E-state index contributed by atoms with van der Waals surface area (Å²) >= 11 is 0. The highest BCUT2D eigenvalue weighted by Gasteiger charge is 2.33. The van der Waals surface area contributed by atoms with Crippen LogP contribution in [-0.4, -0.2) is 16.0 Å². The van der Waals surface area contributed by atoms with Crippen LogP contribution in [0.5, 0.6) is 0 Å². The molecule has 0 fully saturated rings. The van der Waals surface area contributed by atoms with Crippen LogP contribution < -0.4 is 16.4 Å². The highest BCUT2D eigenvalue weighted by molar-refractivity contribution is 6.00. The number of benzene rings is 2. The van der Waals surface area contributed by atoms with Crippen molar-refractivity contribution in [3.05, 3.63) is 72.4 Å². The summed E-state index contributed by atoms with van der Waals surface area (Å²) < 4.78 is 39.8. The van der Waals surface area contributed by atoms with Crippen molar-refractivity contribution >= 4 is 23.4 Å². The number of carbonyl (C=O) groups is 1. The molecule has 1 aromatic heterocycles. The van der Waals surface area contributed by atoms with Gasteiger partial charge in [0.25, 0.3) is 0 Å². The molecule has 5 N–H and O–H groups in total. The number of allylic oxidation sites excluding steroid dienone is 1. The molecular weight excluding hydrogens is 383 g/mol. The molecule has 0 unspecified atom stereocenters. The first-order chi connectivity index (χ1) is 13.8. The Hall–Kier alpha value is -3.75. The van der Waals surface area contributed by atoms with Gasteiger partial charge >= 0.3 is 12.2 Å². The van der Waals surface area contributed by atoms with E-state index in [0.29, 0.717) is 11.4 Å². The molecule has 9 heteroatoms. The molecule has 1 heterocycles. The van der Waals surface area contributed by atoms with Gasteiger partial charge in [-0.3, -0.25) is 0 Å². The van der Waals surface area contributed by atoms with Gasteiger partial charge in [0.1, 0.15) is 0 Å². The van der Waals surface area contributed by atoms with Gasteiger partial charge < -0.3 is 21.4 Å². The number of nitrogen functional groups attached to an aromatic ring is 1. The third-order valence-electron chi connectivity index (χ3n) is 4.06. The first-order valence-corrected chi connectivity index (χ1v) is 8.56. The molecule has 150 valence electrons. The molecule has 0 atom stereocenters. The molecule has 0 aliphatic carbocycles. The van der Waals surface area contributed by atoms with Crippen molar-refractivity contribution in [1.82, 2.24) is 9.97 Å². The summed E-state index contributed by atoms with van der Waals surface area (Å²) in [6.45, 7) is 3.47. The summed E-state index contributed by atoms with van der Waals surface area (Å²) in [7, 11) is 0. The van der Waals surface area contributed by atoms with Gasteiger partial charge in [0.2, 0.25) is 0 Å². The molecule has 2 amide bonds. The number of halogens is 3. The first kappa shape index (κ1) is 20.0. The number of nitrogens with two attached hydrogens (primary N) is 1. The van der Waals surface area contributed by atoms with Crippen LogP contribution in [0, 0.1) is 0 Å². The van der Waals surface area contributed by atoms with Gasteiger partial charge in [-0.2, -0.15) is 13.2 Å². The zero-order chi connectivity index (χ0) is 21.0. The number of anilines is 3. The van der Waals surface area contributed by atoms with Gasteiger partial charge in [-0.05, 0) is 36.2 Å². The van der Waals surface area contributed by atoms with Crippen molar-refractivity contribution < 1.29 is 18.0 Å². The lowest BCUT2D eigenvalue weighted by molar-refractivity contribution is -0.138. The number of imidazole rings is 1. The lowest BCUT2D eigenvalue weighted by atomic mass is 10.0.